The Bertz CT molecular complexity index is 1100. The third-order valence-electron chi connectivity index (χ3n) is 3.84. The van der Waals surface area contributed by atoms with E-state index < -0.39 is 0 Å². The van der Waals surface area contributed by atoms with Crippen molar-refractivity contribution >= 4 is 39.5 Å². The second-order valence-corrected chi connectivity index (χ2v) is 7.12. The molecule has 0 saturated carbocycles. The van der Waals surface area contributed by atoms with Gasteiger partial charge in [0.1, 0.15) is 4.83 Å². The molecule has 4 rings (SSSR count). The molecule has 7 heteroatoms. The molecule has 0 fully saturated rings. The fraction of sp³-hybridized carbons (Fsp3) is 0.118. The van der Waals surface area contributed by atoms with E-state index in [1.54, 1.807) is 6.20 Å². The highest BCUT2D eigenvalue weighted by atomic mass is 32.1. The summed E-state index contributed by atoms with van der Waals surface area (Å²) in [5, 5.41) is 8.26. The third-order valence-corrected chi connectivity index (χ3v) is 5.24. The highest BCUT2D eigenvalue weighted by Gasteiger charge is 2.18. The molecule has 0 aliphatic carbocycles. The second kappa shape index (κ2) is 5.54. The van der Waals surface area contributed by atoms with Gasteiger partial charge in [-0.1, -0.05) is 6.07 Å². The minimum absolute atomic E-state index is 0.541. The molecule has 3 N–H and O–H groups in total. The Morgan fingerprint density at radius 1 is 1.21 bits per heavy atom. The van der Waals surface area contributed by atoms with Gasteiger partial charge in [0.2, 0.25) is 0 Å². The summed E-state index contributed by atoms with van der Waals surface area (Å²) in [5.74, 6) is 0.713. The van der Waals surface area contributed by atoms with Crippen LogP contribution in [0.4, 0.5) is 5.69 Å². The van der Waals surface area contributed by atoms with Crippen LogP contribution in [0.2, 0.25) is 0 Å². The van der Waals surface area contributed by atoms with Gasteiger partial charge in [-0.25, -0.2) is 4.98 Å². The fourth-order valence-corrected chi connectivity index (χ4v) is 4.17. The van der Waals surface area contributed by atoms with E-state index in [2.05, 4.69) is 47.2 Å². The molecule has 5 nitrogen and oxygen atoms in total. The van der Waals surface area contributed by atoms with E-state index in [1.807, 2.05) is 16.7 Å². The van der Waals surface area contributed by atoms with Crippen molar-refractivity contribution in [3.8, 4) is 16.4 Å². The molecule has 0 aliphatic rings. The molecule has 3 aromatic heterocycles. The van der Waals surface area contributed by atoms with Gasteiger partial charge in [0, 0.05) is 11.6 Å². The van der Waals surface area contributed by atoms with Crippen LogP contribution >= 0.6 is 23.6 Å². The van der Waals surface area contributed by atoms with Crippen molar-refractivity contribution in [3.05, 3.63) is 52.4 Å². The number of hydrogen-bond acceptors (Lipinski definition) is 5. The Balaban J connectivity index is 2.00. The lowest BCUT2D eigenvalue weighted by atomic mass is 10.1. The number of aromatic nitrogens is 4. The standard InChI is InChI=1S/C17H15N5S2/c1-9-6-10(2)8-11(7-9)22-15(20-21-17(22)23)14-13(18)12-4-3-5-19-16(12)24-14/h3-8H,18H2,1-2H3,(H,21,23). The highest BCUT2D eigenvalue weighted by Crippen LogP contribution is 2.39. The largest absolute Gasteiger partial charge is 0.397 e. The predicted molar refractivity (Wildman–Crippen MR) is 101 cm³/mol. The molecule has 0 amide bonds. The lowest BCUT2D eigenvalue weighted by molar-refractivity contribution is 1.03. The van der Waals surface area contributed by atoms with Crippen LogP contribution in [0.5, 0.6) is 0 Å². The zero-order chi connectivity index (χ0) is 16.8. The summed E-state index contributed by atoms with van der Waals surface area (Å²) in [4.78, 5) is 6.16. The molecule has 0 radical (unpaired) electrons. The molecule has 4 aromatic rings. The molecule has 0 bridgehead atoms. The summed E-state index contributed by atoms with van der Waals surface area (Å²) in [7, 11) is 0. The second-order valence-electron chi connectivity index (χ2n) is 5.73. The fourth-order valence-electron chi connectivity index (χ4n) is 2.89. The maximum atomic E-state index is 6.36. The lowest BCUT2D eigenvalue weighted by Crippen LogP contribution is -1.99. The number of rotatable bonds is 2. The molecule has 1 aromatic carbocycles. The van der Waals surface area contributed by atoms with Gasteiger partial charge >= 0.3 is 0 Å². The summed E-state index contributed by atoms with van der Waals surface area (Å²) in [6.45, 7) is 4.13. The Morgan fingerprint density at radius 2 is 1.96 bits per heavy atom. The first-order chi connectivity index (χ1) is 11.5. The van der Waals surface area contributed by atoms with E-state index in [0.29, 0.717) is 16.3 Å². The molecular formula is C17H15N5S2. The van der Waals surface area contributed by atoms with Crippen molar-refractivity contribution in [1.82, 2.24) is 19.7 Å². The van der Waals surface area contributed by atoms with Gasteiger partial charge in [0.15, 0.2) is 10.6 Å². The zero-order valence-corrected chi connectivity index (χ0v) is 14.8. The third kappa shape index (κ3) is 2.33. The molecule has 0 aliphatic heterocycles. The Hall–Kier alpha value is -2.51. The van der Waals surface area contributed by atoms with Crippen LogP contribution in [0.15, 0.2) is 36.5 Å². The average Bonchev–Trinajstić information content (AvgIpc) is 3.07. The topological polar surface area (TPSA) is 72.5 Å². The van der Waals surface area contributed by atoms with Crippen molar-refractivity contribution < 1.29 is 0 Å². The summed E-state index contributed by atoms with van der Waals surface area (Å²) >= 11 is 6.98. The van der Waals surface area contributed by atoms with E-state index in [9.17, 15) is 0 Å². The number of nitrogens with zero attached hydrogens (tertiary/aromatic N) is 3. The number of aromatic amines is 1. The molecular weight excluding hydrogens is 338 g/mol. The van der Waals surface area contributed by atoms with Crippen LogP contribution in [-0.2, 0) is 0 Å². The Morgan fingerprint density at radius 3 is 2.67 bits per heavy atom. The summed E-state index contributed by atoms with van der Waals surface area (Å²) in [5.41, 5.74) is 10.4. The number of pyridine rings is 1. The first kappa shape index (κ1) is 15.0. The number of nitrogens with two attached hydrogens (primary N) is 1. The number of H-pyrrole nitrogens is 1. The summed E-state index contributed by atoms with van der Waals surface area (Å²) in [6, 6.07) is 10.2. The number of fused-ring (bicyclic) bond motifs is 1. The molecule has 3 heterocycles. The van der Waals surface area contributed by atoms with Crippen molar-refractivity contribution in [1.29, 1.82) is 0 Å². The van der Waals surface area contributed by atoms with E-state index in [-0.39, 0.29) is 0 Å². The Labute approximate surface area is 147 Å². The van der Waals surface area contributed by atoms with Crippen LogP contribution in [0.3, 0.4) is 0 Å². The monoisotopic (exact) mass is 353 g/mol. The number of thiophene rings is 1. The minimum atomic E-state index is 0.541. The number of aryl methyl sites for hydroxylation is 2. The smallest absolute Gasteiger partial charge is 0.200 e. The van der Waals surface area contributed by atoms with Gasteiger partial charge in [0.05, 0.1) is 16.3 Å². The lowest BCUT2D eigenvalue weighted by Gasteiger charge is -2.08. The van der Waals surface area contributed by atoms with Gasteiger partial charge in [-0.15, -0.1) is 11.3 Å². The average molecular weight is 353 g/mol. The SMILES string of the molecule is Cc1cc(C)cc(-n2c(-c3sc4ncccc4c3N)n[nH]c2=S)c1. The van der Waals surface area contributed by atoms with Gasteiger partial charge in [-0.3, -0.25) is 9.67 Å². The van der Waals surface area contributed by atoms with Crippen LogP contribution in [0.25, 0.3) is 26.6 Å². The quantitative estimate of drug-likeness (QED) is 0.524. The molecule has 0 atom stereocenters. The van der Waals surface area contributed by atoms with Crippen molar-refractivity contribution in [2.75, 3.05) is 5.73 Å². The Kier molecular flexibility index (Phi) is 3.47. The predicted octanol–water partition coefficient (Wildman–Crippen LogP) is 4.41. The maximum absolute atomic E-state index is 6.36. The summed E-state index contributed by atoms with van der Waals surface area (Å²) < 4.78 is 2.47. The van der Waals surface area contributed by atoms with Gasteiger partial charge in [0.25, 0.3) is 0 Å². The zero-order valence-electron chi connectivity index (χ0n) is 13.2. The number of hydrogen-bond donors (Lipinski definition) is 2. The number of nitrogens with one attached hydrogen (secondary N) is 1. The van der Waals surface area contributed by atoms with E-state index in [1.165, 1.54) is 22.5 Å². The molecule has 0 spiro atoms. The molecule has 0 saturated heterocycles. The first-order valence-electron chi connectivity index (χ1n) is 7.44. The van der Waals surface area contributed by atoms with Crippen molar-refractivity contribution in [2.24, 2.45) is 0 Å². The van der Waals surface area contributed by atoms with E-state index >= 15 is 0 Å². The van der Waals surface area contributed by atoms with Crippen molar-refractivity contribution in [2.45, 2.75) is 13.8 Å². The van der Waals surface area contributed by atoms with E-state index in [0.717, 1.165) is 20.8 Å². The van der Waals surface area contributed by atoms with E-state index in [4.69, 9.17) is 18.0 Å². The van der Waals surface area contributed by atoms with Crippen LogP contribution in [-0.4, -0.2) is 19.7 Å². The normalized spacial score (nSPS) is 11.2. The number of anilines is 1. The first-order valence-corrected chi connectivity index (χ1v) is 8.66. The van der Waals surface area contributed by atoms with Crippen LogP contribution in [0.1, 0.15) is 11.1 Å². The minimum Gasteiger partial charge on any atom is -0.397 e. The number of nitrogen functional groups attached to an aromatic ring is 1. The molecule has 120 valence electrons. The van der Waals surface area contributed by atoms with Crippen molar-refractivity contribution in [3.63, 3.8) is 0 Å². The van der Waals surface area contributed by atoms with Gasteiger partial charge in [-0.2, -0.15) is 5.10 Å². The highest BCUT2D eigenvalue weighted by molar-refractivity contribution is 7.71. The van der Waals surface area contributed by atoms with Gasteiger partial charge in [-0.05, 0) is 61.5 Å². The van der Waals surface area contributed by atoms with Crippen LogP contribution in [0, 0.1) is 18.6 Å². The van der Waals surface area contributed by atoms with Crippen LogP contribution < -0.4 is 5.73 Å². The number of benzene rings is 1. The molecule has 0 unspecified atom stereocenters. The molecule has 24 heavy (non-hydrogen) atoms. The summed E-state index contributed by atoms with van der Waals surface area (Å²) in [6.07, 6.45) is 1.77. The maximum Gasteiger partial charge on any atom is 0.200 e. The van der Waals surface area contributed by atoms with Gasteiger partial charge < -0.3 is 5.73 Å².